The maximum Gasteiger partial charge on any atom is 0.274 e. The molecule has 0 saturated carbocycles. The monoisotopic (exact) mass is 579 g/mol. The van der Waals surface area contributed by atoms with E-state index in [9.17, 15) is 19.2 Å². The third-order valence-corrected chi connectivity index (χ3v) is 7.29. The van der Waals surface area contributed by atoms with E-state index < -0.39 is 36.1 Å². The summed E-state index contributed by atoms with van der Waals surface area (Å²) in [5.74, 6) is -1.54. The standard InChI is InChI=1S/C30H37N5O7/c1-18-14-24(35-42-18)29(39)34-23(15-20-10-6-9-19-8-4-5-12-22(19)20)28(38)32-17-26(36)33-25(30(40-2)41-3)16-21-11-7-13-31-27(21)37/h4-6,8-10,12,14,21,23,25,30H,7,11,13,15-17H2,1-3H3,(H,31,37)(H,32,38)(H,33,36)(H,34,39)/t21-,23-,25-/m0/s1. The summed E-state index contributed by atoms with van der Waals surface area (Å²) in [6, 6.07) is 13.3. The molecule has 1 fully saturated rings. The minimum Gasteiger partial charge on any atom is -0.361 e. The number of aromatic nitrogens is 1. The van der Waals surface area contributed by atoms with Crippen LogP contribution in [-0.2, 0) is 30.3 Å². The Morgan fingerprint density at radius 2 is 1.86 bits per heavy atom. The molecular weight excluding hydrogens is 542 g/mol. The summed E-state index contributed by atoms with van der Waals surface area (Å²) in [6.45, 7) is 1.93. The molecule has 1 aliphatic heterocycles. The minimum atomic E-state index is -1.01. The van der Waals surface area contributed by atoms with E-state index in [-0.39, 0.29) is 30.5 Å². The van der Waals surface area contributed by atoms with Crippen LogP contribution in [0.2, 0.25) is 0 Å². The number of rotatable bonds is 13. The molecule has 3 aromatic rings. The number of ether oxygens (including phenoxy) is 2. The number of benzene rings is 2. The predicted molar refractivity (Wildman–Crippen MR) is 153 cm³/mol. The Morgan fingerprint density at radius 3 is 2.57 bits per heavy atom. The van der Waals surface area contributed by atoms with Gasteiger partial charge < -0.3 is 35.3 Å². The first-order valence-corrected chi connectivity index (χ1v) is 13.9. The van der Waals surface area contributed by atoms with Gasteiger partial charge in [-0.05, 0) is 42.5 Å². The van der Waals surface area contributed by atoms with Gasteiger partial charge in [-0.25, -0.2) is 0 Å². The fourth-order valence-electron chi connectivity index (χ4n) is 5.18. The molecule has 42 heavy (non-hydrogen) atoms. The summed E-state index contributed by atoms with van der Waals surface area (Å²) in [4.78, 5) is 51.6. The number of piperidine rings is 1. The summed E-state index contributed by atoms with van der Waals surface area (Å²) >= 11 is 0. The molecule has 0 unspecified atom stereocenters. The third kappa shape index (κ3) is 7.92. The lowest BCUT2D eigenvalue weighted by atomic mass is 9.91. The van der Waals surface area contributed by atoms with Gasteiger partial charge in [-0.1, -0.05) is 47.6 Å². The van der Waals surface area contributed by atoms with Crippen LogP contribution in [0.25, 0.3) is 10.8 Å². The number of fused-ring (bicyclic) bond motifs is 1. The van der Waals surface area contributed by atoms with Crippen LogP contribution >= 0.6 is 0 Å². The Hall–Kier alpha value is -4.29. The average molecular weight is 580 g/mol. The summed E-state index contributed by atoms with van der Waals surface area (Å²) in [7, 11) is 2.90. The van der Waals surface area contributed by atoms with Crippen molar-refractivity contribution in [3.8, 4) is 0 Å². The quantitative estimate of drug-likeness (QED) is 0.222. The summed E-state index contributed by atoms with van der Waals surface area (Å²) in [6.07, 6.45) is 1.23. The van der Waals surface area contributed by atoms with E-state index in [1.807, 2.05) is 42.5 Å². The molecule has 0 aliphatic carbocycles. The Kier molecular flexibility index (Phi) is 10.6. The zero-order valence-electron chi connectivity index (χ0n) is 24.0. The van der Waals surface area contributed by atoms with E-state index in [4.69, 9.17) is 14.0 Å². The highest BCUT2D eigenvalue weighted by Crippen LogP contribution is 2.21. The summed E-state index contributed by atoms with van der Waals surface area (Å²) in [5.41, 5.74) is 0.893. The van der Waals surface area contributed by atoms with Crippen LogP contribution in [0.3, 0.4) is 0 Å². The lowest BCUT2D eigenvalue weighted by Crippen LogP contribution is -2.53. The van der Waals surface area contributed by atoms with E-state index in [1.54, 1.807) is 6.92 Å². The molecule has 3 atom stereocenters. The van der Waals surface area contributed by atoms with Gasteiger partial charge in [0.15, 0.2) is 12.0 Å². The fourth-order valence-corrected chi connectivity index (χ4v) is 5.18. The van der Waals surface area contributed by atoms with Crippen molar-refractivity contribution in [1.29, 1.82) is 0 Å². The first-order valence-electron chi connectivity index (χ1n) is 13.9. The largest absolute Gasteiger partial charge is 0.361 e. The zero-order valence-corrected chi connectivity index (χ0v) is 24.0. The van der Waals surface area contributed by atoms with Crippen LogP contribution < -0.4 is 21.3 Å². The van der Waals surface area contributed by atoms with Crippen molar-refractivity contribution in [2.75, 3.05) is 27.3 Å². The second-order valence-electron chi connectivity index (χ2n) is 10.3. The Bertz CT molecular complexity index is 1400. The molecule has 0 radical (unpaired) electrons. The molecule has 2 heterocycles. The van der Waals surface area contributed by atoms with Gasteiger partial charge in [0.05, 0.1) is 12.6 Å². The van der Waals surface area contributed by atoms with Crippen molar-refractivity contribution >= 4 is 34.4 Å². The third-order valence-electron chi connectivity index (χ3n) is 7.29. The van der Waals surface area contributed by atoms with Crippen LogP contribution in [-0.4, -0.2) is 74.5 Å². The molecule has 12 nitrogen and oxygen atoms in total. The Morgan fingerprint density at radius 1 is 1.10 bits per heavy atom. The molecule has 0 spiro atoms. The van der Waals surface area contributed by atoms with Crippen LogP contribution in [0.4, 0.5) is 0 Å². The van der Waals surface area contributed by atoms with Gasteiger partial charge >= 0.3 is 0 Å². The van der Waals surface area contributed by atoms with E-state index in [1.165, 1.54) is 20.3 Å². The number of carbonyl (C=O) groups excluding carboxylic acids is 4. The van der Waals surface area contributed by atoms with Gasteiger partial charge in [-0.3, -0.25) is 19.2 Å². The number of nitrogens with one attached hydrogen (secondary N) is 4. The highest BCUT2D eigenvalue weighted by atomic mass is 16.7. The normalized spacial score (nSPS) is 16.5. The Balaban J connectivity index is 1.45. The predicted octanol–water partition coefficient (Wildman–Crippen LogP) is 1.61. The van der Waals surface area contributed by atoms with E-state index in [0.717, 1.165) is 22.8 Å². The van der Waals surface area contributed by atoms with Crippen molar-refractivity contribution in [3.63, 3.8) is 0 Å². The first kappa shape index (κ1) is 30.7. The van der Waals surface area contributed by atoms with Crippen LogP contribution in [0, 0.1) is 12.8 Å². The van der Waals surface area contributed by atoms with Crippen molar-refractivity contribution in [3.05, 3.63) is 65.5 Å². The van der Waals surface area contributed by atoms with E-state index in [0.29, 0.717) is 25.1 Å². The molecule has 0 bridgehead atoms. The minimum absolute atomic E-state index is 0.0423. The maximum atomic E-state index is 13.4. The van der Waals surface area contributed by atoms with E-state index in [2.05, 4.69) is 26.4 Å². The lowest BCUT2D eigenvalue weighted by Gasteiger charge is -2.30. The van der Waals surface area contributed by atoms with E-state index >= 15 is 0 Å². The molecule has 224 valence electrons. The molecule has 2 aromatic carbocycles. The van der Waals surface area contributed by atoms with Crippen LogP contribution in [0.5, 0.6) is 0 Å². The lowest BCUT2D eigenvalue weighted by molar-refractivity contribution is -0.143. The van der Waals surface area contributed by atoms with Gasteiger partial charge in [0.25, 0.3) is 5.91 Å². The molecule has 1 aromatic heterocycles. The first-order chi connectivity index (χ1) is 20.3. The highest BCUT2D eigenvalue weighted by Gasteiger charge is 2.31. The van der Waals surface area contributed by atoms with Crippen molar-refractivity contribution in [1.82, 2.24) is 26.4 Å². The number of aryl methyl sites for hydroxylation is 1. The SMILES string of the molecule is COC(OC)[C@H](C[C@@H]1CCCNC1=O)NC(=O)CNC(=O)[C@H](Cc1cccc2ccccc12)NC(=O)c1cc(C)on1. The van der Waals surface area contributed by atoms with Gasteiger partial charge in [0, 0.05) is 39.2 Å². The summed E-state index contributed by atoms with van der Waals surface area (Å²) < 4.78 is 15.8. The highest BCUT2D eigenvalue weighted by molar-refractivity contribution is 5.97. The number of hydrogen-bond donors (Lipinski definition) is 4. The topological polar surface area (TPSA) is 161 Å². The van der Waals surface area contributed by atoms with Gasteiger partial charge in [0.1, 0.15) is 11.8 Å². The molecule has 1 aliphatic rings. The summed E-state index contributed by atoms with van der Waals surface area (Å²) in [5, 5.41) is 16.7. The molecule has 4 rings (SSSR count). The molecular formula is C30H37N5O7. The molecule has 4 N–H and O–H groups in total. The van der Waals surface area contributed by atoms with Crippen molar-refractivity contribution < 1.29 is 33.2 Å². The van der Waals surface area contributed by atoms with Gasteiger partial charge in [-0.2, -0.15) is 0 Å². The fraction of sp³-hybridized carbons (Fsp3) is 0.433. The maximum absolute atomic E-state index is 13.4. The van der Waals surface area contributed by atoms with Gasteiger partial charge in [0.2, 0.25) is 17.7 Å². The number of nitrogens with zero attached hydrogens (tertiary/aromatic N) is 1. The number of carbonyl (C=O) groups is 4. The second-order valence-corrected chi connectivity index (χ2v) is 10.3. The number of amides is 4. The smallest absolute Gasteiger partial charge is 0.274 e. The molecule has 4 amide bonds. The number of methoxy groups -OCH3 is 2. The van der Waals surface area contributed by atoms with Crippen LogP contribution in [0.15, 0.2) is 53.1 Å². The van der Waals surface area contributed by atoms with Crippen LogP contribution in [0.1, 0.15) is 41.1 Å². The second kappa shape index (κ2) is 14.6. The average Bonchev–Trinajstić information content (AvgIpc) is 3.43. The molecule has 1 saturated heterocycles. The molecule has 12 heteroatoms. The number of hydrogen-bond acceptors (Lipinski definition) is 8. The Labute approximate surface area is 243 Å². The van der Waals surface area contributed by atoms with Gasteiger partial charge in [-0.15, -0.1) is 0 Å². The van der Waals surface area contributed by atoms with Crippen molar-refractivity contribution in [2.45, 2.75) is 51.0 Å². The van der Waals surface area contributed by atoms with Crippen molar-refractivity contribution in [2.24, 2.45) is 5.92 Å². The zero-order chi connectivity index (χ0) is 30.1.